The second-order valence-electron chi connectivity index (χ2n) is 3.98. The van der Waals surface area contributed by atoms with E-state index in [0.717, 1.165) is 25.9 Å². The predicted molar refractivity (Wildman–Crippen MR) is 55.5 cm³/mol. The summed E-state index contributed by atoms with van der Waals surface area (Å²) >= 11 is -0.976. The van der Waals surface area contributed by atoms with Crippen LogP contribution in [-0.4, -0.2) is 43.0 Å². The van der Waals surface area contributed by atoms with Gasteiger partial charge in [-0.25, -0.2) is 0 Å². The van der Waals surface area contributed by atoms with E-state index in [-0.39, 0.29) is 6.42 Å². The van der Waals surface area contributed by atoms with E-state index < -0.39 is 19.6 Å². The molecule has 0 radical (unpaired) electrons. The van der Waals surface area contributed by atoms with Crippen LogP contribution < -0.4 is 5.84 Å². The average molecular weight is 218 g/mol. The standard InChI is InChI=1S/C8H15F2N2.CH2.Al/c9-8(10)2-1-7-3-5-12(11)6-4-7;;/h7H,1-6,11H2;1H2;. The fourth-order valence-electron chi connectivity index (χ4n) is 1.74. The molecule has 1 aliphatic rings. The number of halogens is 2. The molecular weight excluding hydrogens is 201 g/mol. The SMILES string of the molecule is [CH2]=[Al][C](F)(F)CCC1CCN(N)CC1. The first-order valence-corrected chi connectivity index (χ1v) is 6.44. The van der Waals surface area contributed by atoms with Crippen molar-refractivity contribution in [2.24, 2.45) is 11.8 Å². The maximum absolute atomic E-state index is 12.9. The van der Waals surface area contributed by atoms with Gasteiger partial charge in [-0.05, 0) is 0 Å². The van der Waals surface area contributed by atoms with Crippen LogP contribution in [0.15, 0.2) is 0 Å². The van der Waals surface area contributed by atoms with Crippen LogP contribution in [0.1, 0.15) is 25.7 Å². The van der Waals surface area contributed by atoms with Crippen LogP contribution in [0.2, 0.25) is 0 Å². The molecule has 2 nitrogen and oxygen atoms in total. The van der Waals surface area contributed by atoms with Crippen LogP contribution in [0.3, 0.4) is 0 Å². The van der Waals surface area contributed by atoms with Crippen molar-refractivity contribution in [1.82, 2.24) is 5.01 Å². The van der Waals surface area contributed by atoms with Crippen LogP contribution in [0.5, 0.6) is 0 Å². The number of hydrazine groups is 1. The van der Waals surface area contributed by atoms with E-state index in [1.807, 2.05) is 0 Å². The van der Waals surface area contributed by atoms with Gasteiger partial charge in [0.1, 0.15) is 0 Å². The van der Waals surface area contributed by atoms with Gasteiger partial charge in [0.05, 0.1) is 0 Å². The Morgan fingerprint density at radius 3 is 2.50 bits per heavy atom. The van der Waals surface area contributed by atoms with Gasteiger partial charge >= 0.3 is 89.3 Å². The molecule has 0 atom stereocenters. The van der Waals surface area contributed by atoms with E-state index in [2.05, 4.69) is 5.39 Å². The summed E-state index contributed by atoms with van der Waals surface area (Å²) in [5, 5.41) is 5.10. The Morgan fingerprint density at radius 1 is 1.43 bits per heavy atom. The first kappa shape index (κ1) is 12.3. The predicted octanol–water partition coefficient (Wildman–Crippen LogP) is 1.08. The third-order valence-electron chi connectivity index (χ3n) is 2.83. The summed E-state index contributed by atoms with van der Waals surface area (Å²) in [6.07, 6.45) is 2.56. The maximum atomic E-state index is 12.9. The van der Waals surface area contributed by atoms with Gasteiger partial charge in [-0.3, -0.25) is 0 Å². The number of nitrogens with zero attached hydrogens (tertiary/aromatic N) is 1. The Hall–Kier alpha value is 0.182. The number of rotatable bonds is 4. The molecule has 0 aromatic carbocycles. The van der Waals surface area contributed by atoms with E-state index in [9.17, 15) is 8.78 Å². The van der Waals surface area contributed by atoms with Crippen LogP contribution in [0.4, 0.5) is 8.78 Å². The van der Waals surface area contributed by atoms with Crippen molar-refractivity contribution in [1.29, 1.82) is 0 Å². The van der Waals surface area contributed by atoms with Crippen molar-refractivity contribution in [2.45, 2.75) is 30.5 Å². The molecule has 0 saturated carbocycles. The zero-order valence-corrected chi connectivity index (χ0v) is 9.54. The molecule has 80 valence electrons. The fourth-order valence-corrected chi connectivity index (χ4v) is 2.11. The Kier molecular flexibility index (Phi) is 4.65. The Labute approximate surface area is 89.7 Å². The van der Waals surface area contributed by atoms with Gasteiger partial charge in [-0.2, -0.15) is 0 Å². The van der Waals surface area contributed by atoms with Gasteiger partial charge in [-0.15, -0.1) is 0 Å². The summed E-state index contributed by atoms with van der Waals surface area (Å²) in [5.74, 6) is 6.02. The van der Waals surface area contributed by atoms with Crippen LogP contribution >= 0.6 is 0 Å². The molecule has 5 heteroatoms. The second-order valence-corrected chi connectivity index (χ2v) is 5.24. The van der Waals surface area contributed by atoms with Gasteiger partial charge in [0.2, 0.25) is 0 Å². The molecule has 2 N–H and O–H groups in total. The van der Waals surface area contributed by atoms with E-state index in [4.69, 9.17) is 5.84 Å². The average Bonchev–Trinajstić information content (AvgIpc) is 2.17. The molecule has 1 rings (SSSR count). The minimum absolute atomic E-state index is 0.0150. The quantitative estimate of drug-likeness (QED) is 0.565. The summed E-state index contributed by atoms with van der Waals surface area (Å²) in [6.45, 7) is 1.68. The van der Waals surface area contributed by atoms with Gasteiger partial charge in [0.25, 0.3) is 0 Å². The van der Waals surface area contributed by atoms with Crippen LogP contribution in [0.25, 0.3) is 0 Å². The monoisotopic (exact) mass is 218 g/mol. The topological polar surface area (TPSA) is 29.3 Å². The Balaban J connectivity index is 2.22. The van der Waals surface area contributed by atoms with E-state index in [1.54, 1.807) is 5.01 Å². The third-order valence-corrected chi connectivity index (χ3v) is 3.72. The van der Waals surface area contributed by atoms with Gasteiger partial charge in [-0.1, -0.05) is 0 Å². The fraction of sp³-hybridized carbons (Fsp3) is 0.889. The molecule has 0 aromatic rings. The van der Waals surface area contributed by atoms with E-state index in [1.165, 1.54) is 0 Å². The van der Waals surface area contributed by atoms with Crippen molar-refractivity contribution in [2.75, 3.05) is 13.1 Å². The molecule has 0 bridgehead atoms. The van der Waals surface area contributed by atoms with Crippen molar-refractivity contribution in [3.8, 4) is 0 Å². The zero-order chi connectivity index (χ0) is 10.6. The molecule has 0 aliphatic carbocycles. The van der Waals surface area contributed by atoms with Crippen molar-refractivity contribution in [3.63, 3.8) is 0 Å². The van der Waals surface area contributed by atoms with E-state index >= 15 is 0 Å². The normalized spacial score (nSPS) is 20.8. The summed E-state index contributed by atoms with van der Waals surface area (Å²) in [5.41, 5.74) is 0. The Bertz CT molecular complexity index is 191. The molecule has 1 heterocycles. The first-order chi connectivity index (χ1) is 6.53. The second kappa shape index (κ2) is 5.32. The number of piperidine rings is 1. The van der Waals surface area contributed by atoms with Crippen molar-refractivity contribution < 1.29 is 8.78 Å². The molecule has 0 spiro atoms. The van der Waals surface area contributed by atoms with Crippen LogP contribution in [-0.2, 0) is 0 Å². The molecule has 1 aliphatic heterocycles. The number of hydrogen-bond acceptors (Lipinski definition) is 2. The van der Waals surface area contributed by atoms with Crippen molar-refractivity contribution >= 4 is 20.2 Å². The molecular formula is C9H17AlF2N2. The molecule has 1 fully saturated rings. The van der Waals surface area contributed by atoms with Gasteiger partial charge in [0, 0.05) is 0 Å². The number of nitrogens with two attached hydrogens (primary N) is 1. The third kappa shape index (κ3) is 4.14. The zero-order valence-electron chi connectivity index (χ0n) is 8.38. The summed E-state index contributed by atoms with van der Waals surface area (Å²) in [7, 11) is 0. The van der Waals surface area contributed by atoms with Gasteiger partial charge < -0.3 is 0 Å². The number of alkyl halides is 2. The summed E-state index contributed by atoms with van der Waals surface area (Å²) < 4.78 is 25.8. The molecule has 0 unspecified atom stereocenters. The Morgan fingerprint density at radius 2 is 2.00 bits per heavy atom. The number of hydrogen-bond donors (Lipinski definition) is 1. The van der Waals surface area contributed by atoms with Crippen LogP contribution in [0, 0.1) is 5.92 Å². The van der Waals surface area contributed by atoms with E-state index in [0.29, 0.717) is 12.3 Å². The first-order valence-electron chi connectivity index (χ1n) is 5.04. The molecule has 0 amide bonds. The molecule has 0 aromatic heterocycles. The molecule has 14 heavy (non-hydrogen) atoms. The molecule has 1 saturated heterocycles. The minimum atomic E-state index is -2.49. The summed E-state index contributed by atoms with van der Waals surface area (Å²) in [6, 6.07) is 0. The van der Waals surface area contributed by atoms with Gasteiger partial charge in [0.15, 0.2) is 0 Å². The van der Waals surface area contributed by atoms with Crippen molar-refractivity contribution in [3.05, 3.63) is 0 Å². The summed E-state index contributed by atoms with van der Waals surface area (Å²) in [4.78, 5) is -2.49.